The van der Waals surface area contributed by atoms with Crippen molar-refractivity contribution in [1.29, 1.82) is 0 Å². The Balaban J connectivity index is 2.23. The third-order valence-electron chi connectivity index (χ3n) is 3.64. The van der Waals surface area contributed by atoms with Crippen LogP contribution in [0.25, 0.3) is 0 Å². The topological polar surface area (TPSA) is 79.3 Å². The van der Waals surface area contributed by atoms with E-state index in [1.165, 1.54) is 6.26 Å². The summed E-state index contributed by atoms with van der Waals surface area (Å²) in [4.78, 5) is 4.36. The second kappa shape index (κ2) is 5.88. The van der Waals surface area contributed by atoms with Gasteiger partial charge in [0.1, 0.15) is 10.7 Å². The molecule has 0 bridgehead atoms. The molecule has 0 radical (unpaired) electrons. The molecule has 0 saturated heterocycles. The first-order valence-electron chi connectivity index (χ1n) is 6.55. The maximum atomic E-state index is 11.7. The molecule has 1 aromatic heterocycles. The zero-order valence-corrected chi connectivity index (χ0v) is 11.9. The standard InChI is InChI=1S/C13H20N2O3S/c1-19(17,18)12-7-4-8-14-13(12)15-11-6-3-2-5-10(11)9-16/h4,7-8,10-11,16H,2-3,5-6,9H2,1H3,(H,14,15). The van der Waals surface area contributed by atoms with E-state index in [0.717, 1.165) is 25.7 Å². The molecule has 1 saturated carbocycles. The van der Waals surface area contributed by atoms with Crippen LogP contribution in [0.2, 0.25) is 0 Å². The minimum atomic E-state index is -3.30. The van der Waals surface area contributed by atoms with Crippen LogP contribution < -0.4 is 5.32 Å². The van der Waals surface area contributed by atoms with Crippen LogP contribution in [0.5, 0.6) is 0 Å². The summed E-state index contributed by atoms with van der Waals surface area (Å²) < 4.78 is 23.4. The summed E-state index contributed by atoms with van der Waals surface area (Å²) in [6.45, 7) is 0.124. The summed E-state index contributed by atoms with van der Waals surface area (Å²) in [7, 11) is -3.30. The van der Waals surface area contributed by atoms with E-state index in [9.17, 15) is 13.5 Å². The predicted molar refractivity (Wildman–Crippen MR) is 73.8 cm³/mol. The average Bonchev–Trinajstić information content (AvgIpc) is 2.39. The first-order valence-corrected chi connectivity index (χ1v) is 8.44. The van der Waals surface area contributed by atoms with Gasteiger partial charge in [-0.2, -0.15) is 0 Å². The summed E-state index contributed by atoms with van der Waals surface area (Å²) in [5, 5.41) is 12.6. The molecule has 1 aliphatic carbocycles. The number of aromatic nitrogens is 1. The van der Waals surface area contributed by atoms with Crippen molar-refractivity contribution in [1.82, 2.24) is 4.98 Å². The molecule has 0 aromatic carbocycles. The van der Waals surface area contributed by atoms with Gasteiger partial charge in [0, 0.05) is 31.0 Å². The van der Waals surface area contributed by atoms with Crippen molar-refractivity contribution in [2.75, 3.05) is 18.2 Å². The van der Waals surface area contributed by atoms with E-state index in [2.05, 4.69) is 10.3 Å². The fourth-order valence-electron chi connectivity index (χ4n) is 2.59. The molecule has 2 unspecified atom stereocenters. The van der Waals surface area contributed by atoms with Crippen molar-refractivity contribution in [2.45, 2.75) is 36.6 Å². The number of sulfone groups is 1. The first-order chi connectivity index (χ1) is 9.02. The van der Waals surface area contributed by atoms with E-state index in [1.807, 2.05) is 0 Å². The number of rotatable bonds is 4. The largest absolute Gasteiger partial charge is 0.396 e. The van der Waals surface area contributed by atoms with Gasteiger partial charge in [0.2, 0.25) is 0 Å². The molecule has 19 heavy (non-hydrogen) atoms. The van der Waals surface area contributed by atoms with Crippen LogP contribution in [-0.2, 0) is 9.84 Å². The Kier molecular flexibility index (Phi) is 4.42. The molecule has 1 aliphatic rings. The van der Waals surface area contributed by atoms with Gasteiger partial charge >= 0.3 is 0 Å². The number of hydrogen-bond acceptors (Lipinski definition) is 5. The molecule has 2 rings (SSSR count). The summed E-state index contributed by atoms with van der Waals surface area (Å²) in [5.41, 5.74) is 0. The van der Waals surface area contributed by atoms with Crippen LogP contribution in [0.3, 0.4) is 0 Å². The van der Waals surface area contributed by atoms with E-state index in [1.54, 1.807) is 18.3 Å². The van der Waals surface area contributed by atoms with Crippen molar-refractivity contribution >= 4 is 15.7 Å². The molecule has 1 aromatic rings. The Hall–Kier alpha value is -1.14. The van der Waals surface area contributed by atoms with E-state index in [4.69, 9.17) is 0 Å². The van der Waals surface area contributed by atoms with Crippen molar-refractivity contribution < 1.29 is 13.5 Å². The van der Waals surface area contributed by atoms with Gasteiger partial charge in [-0.3, -0.25) is 0 Å². The fraction of sp³-hybridized carbons (Fsp3) is 0.615. The van der Waals surface area contributed by atoms with Crippen molar-refractivity contribution in [3.8, 4) is 0 Å². The van der Waals surface area contributed by atoms with Crippen LogP contribution in [0.4, 0.5) is 5.82 Å². The van der Waals surface area contributed by atoms with E-state index in [-0.39, 0.29) is 23.5 Å². The van der Waals surface area contributed by atoms with Crippen LogP contribution >= 0.6 is 0 Å². The number of nitrogens with zero attached hydrogens (tertiary/aromatic N) is 1. The Labute approximate surface area is 114 Å². The van der Waals surface area contributed by atoms with Crippen LogP contribution in [-0.4, -0.2) is 37.4 Å². The molecule has 0 amide bonds. The molecule has 106 valence electrons. The fourth-order valence-corrected chi connectivity index (χ4v) is 3.38. The van der Waals surface area contributed by atoms with Crippen LogP contribution in [0, 0.1) is 5.92 Å². The van der Waals surface area contributed by atoms with Crippen LogP contribution in [0.1, 0.15) is 25.7 Å². The minimum absolute atomic E-state index is 0.0918. The number of anilines is 1. The molecule has 1 fully saturated rings. The zero-order valence-electron chi connectivity index (χ0n) is 11.0. The highest BCUT2D eigenvalue weighted by molar-refractivity contribution is 7.90. The van der Waals surface area contributed by atoms with Crippen molar-refractivity contribution in [2.24, 2.45) is 5.92 Å². The normalized spacial score (nSPS) is 24.1. The van der Waals surface area contributed by atoms with Crippen molar-refractivity contribution in [3.05, 3.63) is 18.3 Å². The summed E-state index contributed by atoms with van der Waals surface area (Å²) >= 11 is 0. The highest BCUT2D eigenvalue weighted by atomic mass is 32.2. The van der Waals surface area contributed by atoms with Gasteiger partial charge in [-0.1, -0.05) is 12.8 Å². The number of nitrogens with one attached hydrogen (secondary N) is 1. The Morgan fingerprint density at radius 3 is 2.84 bits per heavy atom. The summed E-state index contributed by atoms with van der Waals surface area (Å²) in [5.74, 6) is 0.568. The third-order valence-corrected chi connectivity index (χ3v) is 4.76. The number of hydrogen-bond donors (Lipinski definition) is 2. The van der Waals surface area contributed by atoms with Gasteiger partial charge in [-0.05, 0) is 25.0 Å². The van der Waals surface area contributed by atoms with Gasteiger partial charge in [0.25, 0.3) is 0 Å². The lowest BCUT2D eigenvalue weighted by molar-refractivity contribution is 0.178. The van der Waals surface area contributed by atoms with E-state index >= 15 is 0 Å². The molecule has 0 spiro atoms. The molecule has 0 aliphatic heterocycles. The van der Waals surface area contributed by atoms with Crippen molar-refractivity contribution in [3.63, 3.8) is 0 Å². The number of pyridine rings is 1. The maximum Gasteiger partial charge on any atom is 0.179 e. The Morgan fingerprint density at radius 1 is 1.42 bits per heavy atom. The molecular weight excluding hydrogens is 264 g/mol. The van der Waals surface area contributed by atoms with Gasteiger partial charge in [0.15, 0.2) is 9.84 Å². The zero-order chi connectivity index (χ0) is 13.9. The molecule has 1 heterocycles. The van der Waals surface area contributed by atoms with Gasteiger partial charge in [-0.25, -0.2) is 13.4 Å². The quantitative estimate of drug-likeness (QED) is 0.875. The molecule has 2 atom stereocenters. The van der Waals surface area contributed by atoms with E-state index in [0.29, 0.717) is 5.82 Å². The number of aliphatic hydroxyl groups excluding tert-OH is 1. The first kappa shape index (κ1) is 14.3. The molecular formula is C13H20N2O3S. The SMILES string of the molecule is CS(=O)(=O)c1cccnc1NC1CCCCC1CO. The Bertz CT molecular complexity index is 530. The maximum absolute atomic E-state index is 11.7. The monoisotopic (exact) mass is 284 g/mol. The molecule has 5 nitrogen and oxygen atoms in total. The van der Waals surface area contributed by atoms with Gasteiger partial charge in [0.05, 0.1) is 0 Å². The highest BCUT2D eigenvalue weighted by Gasteiger charge is 2.26. The predicted octanol–water partition coefficient (Wildman–Crippen LogP) is 1.45. The van der Waals surface area contributed by atoms with E-state index < -0.39 is 9.84 Å². The Morgan fingerprint density at radius 2 is 2.16 bits per heavy atom. The lowest BCUT2D eigenvalue weighted by atomic mass is 9.85. The smallest absolute Gasteiger partial charge is 0.179 e. The molecule has 2 N–H and O–H groups in total. The van der Waals surface area contributed by atoms with Gasteiger partial charge in [-0.15, -0.1) is 0 Å². The van der Waals surface area contributed by atoms with Crippen LogP contribution in [0.15, 0.2) is 23.2 Å². The number of aliphatic hydroxyl groups is 1. The minimum Gasteiger partial charge on any atom is -0.396 e. The summed E-state index contributed by atoms with van der Waals surface area (Å²) in [6.07, 6.45) is 6.87. The lowest BCUT2D eigenvalue weighted by Gasteiger charge is -2.31. The second-order valence-corrected chi connectivity index (χ2v) is 7.08. The highest BCUT2D eigenvalue weighted by Crippen LogP contribution is 2.28. The summed E-state index contributed by atoms with van der Waals surface area (Å²) in [6, 6.07) is 3.27. The third kappa shape index (κ3) is 3.45. The molecule has 6 heteroatoms. The average molecular weight is 284 g/mol. The van der Waals surface area contributed by atoms with Gasteiger partial charge < -0.3 is 10.4 Å². The lowest BCUT2D eigenvalue weighted by Crippen LogP contribution is -2.35. The second-order valence-electron chi connectivity index (χ2n) is 5.10.